The Labute approximate surface area is 102 Å². The predicted molar refractivity (Wildman–Crippen MR) is 69.4 cm³/mol. The molecule has 1 aromatic rings. The van der Waals surface area contributed by atoms with Gasteiger partial charge in [0, 0.05) is 5.82 Å². The van der Waals surface area contributed by atoms with Gasteiger partial charge in [0.05, 0.1) is 10.7 Å². The van der Waals surface area contributed by atoms with E-state index in [-0.39, 0.29) is 0 Å². The molecule has 0 saturated heterocycles. The van der Waals surface area contributed by atoms with Crippen molar-refractivity contribution in [2.24, 2.45) is 5.41 Å². The molecule has 1 aromatic carbocycles. The first-order valence-corrected chi connectivity index (χ1v) is 7.02. The maximum absolute atomic E-state index is 12.5. The molecule has 0 amide bonds. The zero-order valence-corrected chi connectivity index (χ0v) is 11.2. The summed E-state index contributed by atoms with van der Waals surface area (Å²) < 4.78 is 17.6. The van der Waals surface area contributed by atoms with Crippen molar-refractivity contribution < 1.29 is 13.9 Å². The summed E-state index contributed by atoms with van der Waals surface area (Å²) in [6.07, 6.45) is 0. The van der Waals surface area contributed by atoms with Gasteiger partial charge in [-0.1, -0.05) is 24.8 Å². The van der Waals surface area contributed by atoms with Crippen molar-refractivity contribution in [3.05, 3.63) is 42.7 Å². The number of hydrogen-bond acceptors (Lipinski definition) is 3. The Kier molecular flexibility index (Phi) is 3.94. The van der Waals surface area contributed by atoms with Gasteiger partial charge in [-0.2, -0.15) is 0 Å². The fourth-order valence-corrected chi connectivity index (χ4v) is 2.59. The third-order valence-corrected chi connectivity index (χ3v) is 4.12. The fourth-order valence-electron chi connectivity index (χ4n) is 1.09. The monoisotopic (exact) mass is 252 g/mol. The molecule has 0 aromatic heterocycles. The molecular weight excluding hydrogens is 235 g/mol. The lowest BCUT2D eigenvalue weighted by atomic mass is 9.98. The van der Waals surface area contributed by atoms with Gasteiger partial charge in [-0.3, -0.25) is 9.36 Å². The second-order valence-corrected chi connectivity index (χ2v) is 7.00. The van der Waals surface area contributed by atoms with Gasteiger partial charge >= 0.3 is 13.3 Å². The van der Waals surface area contributed by atoms with Crippen LogP contribution >= 0.6 is 7.37 Å². The molecule has 1 rings (SSSR count). The van der Waals surface area contributed by atoms with E-state index in [9.17, 15) is 9.36 Å². The standard InChI is InChI=1S/C13H17O3P/c1-5-17(15,11-9-7-6-8-10-11)16-12(14)13(2,3)4/h5-10H,1H2,2-4H3. The third kappa shape index (κ3) is 3.31. The molecule has 0 aliphatic carbocycles. The largest absolute Gasteiger partial charge is 0.405 e. The van der Waals surface area contributed by atoms with Gasteiger partial charge in [-0.25, -0.2) is 0 Å². The van der Waals surface area contributed by atoms with Crippen molar-refractivity contribution in [1.82, 2.24) is 0 Å². The average Bonchev–Trinajstić information content (AvgIpc) is 2.28. The van der Waals surface area contributed by atoms with E-state index in [0.29, 0.717) is 5.30 Å². The first-order valence-electron chi connectivity index (χ1n) is 5.32. The van der Waals surface area contributed by atoms with E-state index in [1.54, 1.807) is 45.0 Å². The van der Waals surface area contributed by atoms with E-state index in [4.69, 9.17) is 4.52 Å². The molecule has 1 atom stereocenters. The molecule has 0 aliphatic heterocycles. The maximum atomic E-state index is 12.5. The van der Waals surface area contributed by atoms with E-state index in [2.05, 4.69) is 6.58 Å². The minimum absolute atomic E-state index is 0.479. The van der Waals surface area contributed by atoms with E-state index >= 15 is 0 Å². The Bertz CT molecular complexity index is 457. The van der Waals surface area contributed by atoms with Gasteiger partial charge < -0.3 is 4.52 Å². The average molecular weight is 252 g/mol. The van der Waals surface area contributed by atoms with Gasteiger partial charge in [0.15, 0.2) is 0 Å². The molecule has 0 spiro atoms. The molecule has 17 heavy (non-hydrogen) atoms. The second kappa shape index (κ2) is 4.89. The molecule has 0 N–H and O–H groups in total. The Hall–Kier alpha value is -1.34. The Morgan fingerprint density at radius 3 is 2.24 bits per heavy atom. The van der Waals surface area contributed by atoms with E-state index < -0.39 is 18.8 Å². The highest BCUT2D eigenvalue weighted by Crippen LogP contribution is 2.48. The van der Waals surface area contributed by atoms with Gasteiger partial charge in [-0.15, -0.1) is 0 Å². The van der Waals surface area contributed by atoms with Crippen molar-refractivity contribution in [2.75, 3.05) is 0 Å². The molecule has 0 fully saturated rings. The minimum Gasteiger partial charge on any atom is -0.405 e. The van der Waals surface area contributed by atoms with Gasteiger partial charge in [0.2, 0.25) is 0 Å². The lowest BCUT2D eigenvalue weighted by molar-refractivity contribution is -0.142. The minimum atomic E-state index is -3.29. The Morgan fingerprint density at radius 2 is 1.82 bits per heavy atom. The van der Waals surface area contributed by atoms with Gasteiger partial charge in [-0.05, 0) is 32.9 Å². The second-order valence-electron chi connectivity index (χ2n) is 4.74. The zero-order valence-electron chi connectivity index (χ0n) is 10.3. The molecule has 0 heterocycles. The number of carbonyl (C=O) groups excluding carboxylic acids is 1. The third-order valence-electron chi connectivity index (χ3n) is 2.19. The van der Waals surface area contributed by atoms with Crippen molar-refractivity contribution in [2.45, 2.75) is 20.8 Å². The van der Waals surface area contributed by atoms with Crippen molar-refractivity contribution in [3.8, 4) is 0 Å². The van der Waals surface area contributed by atoms with Crippen LogP contribution in [0.5, 0.6) is 0 Å². The van der Waals surface area contributed by atoms with Crippen molar-refractivity contribution in [1.29, 1.82) is 0 Å². The topological polar surface area (TPSA) is 43.4 Å². The van der Waals surface area contributed by atoms with Crippen LogP contribution in [0.15, 0.2) is 42.7 Å². The van der Waals surface area contributed by atoms with Crippen LogP contribution in [0.2, 0.25) is 0 Å². The van der Waals surface area contributed by atoms with Crippen LogP contribution in [-0.4, -0.2) is 5.97 Å². The van der Waals surface area contributed by atoms with Crippen LogP contribution in [0.25, 0.3) is 0 Å². The molecular formula is C13H17O3P. The summed E-state index contributed by atoms with van der Waals surface area (Å²) in [4.78, 5) is 11.8. The van der Waals surface area contributed by atoms with E-state index in [1.165, 1.54) is 5.82 Å². The normalized spacial score (nSPS) is 14.8. The highest BCUT2D eigenvalue weighted by atomic mass is 31.2. The Morgan fingerprint density at radius 1 is 1.29 bits per heavy atom. The summed E-state index contributed by atoms with van der Waals surface area (Å²) in [5.41, 5.74) is -0.687. The lowest BCUT2D eigenvalue weighted by Gasteiger charge is -2.21. The SMILES string of the molecule is C=CP(=O)(OC(=O)C(C)(C)C)c1ccccc1. The van der Waals surface area contributed by atoms with Crippen LogP contribution in [0.1, 0.15) is 20.8 Å². The summed E-state index contributed by atoms with van der Waals surface area (Å²) in [6, 6.07) is 8.63. The number of benzene rings is 1. The molecule has 0 saturated carbocycles. The molecule has 92 valence electrons. The summed E-state index contributed by atoms with van der Waals surface area (Å²) in [6.45, 7) is 8.65. The van der Waals surface area contributed by atoms with Crippen molar-refractivity contribution in [3.63, 3.8) is 0 Å². The molecule has 0 aliphatic rings. The fraction of sp³-hybridized carbons (Fsp3) is 0.308. The van der Waals surface area contributed by atoms with E-state index in [1.807, 2.05) is 6.07 Å². The first kappa shape index (κ1) is 13.7. The van der Waals surface area contributed by atoms with Crippen LogP contribution in [0.3, 0.4) is 0 Å². The first-order chi connectivity index (χ1) is 7.79. The summed E-state index contributed by atoms with van der Waals surface area (Å²) in [5, 5.41) is 0.479. The lowest BCUT2D eigenvalue weighted by Crippen LogP contribution is -2.23. The van der Waals surface area contributed by atoms with Gasteiger partial charge in [0.1, 0.15) is 0 Å². The summed E-state index contributed by atoms with van der Waals surface area (Å²) >= 11 is 0. The van der Waals surface area contributed by atoms with Crippen LogP contribution in [0.4, 0.5) is 0 Å². The maximum Gasteiger partial charge on any atom is 0.316 e. The molecule has 1 unspecified atom stereocenters. The van der Waals surface area contributed by atoms with Crippen LogP contribution in [-0.2, 0) is 13.9 Å². The van der Waals surface area contributed by atoms with E-state index in [0.717, 1.165) is 0 Å². The highest BCUT2D eigenvalue weighted by molar-refractivity contribution is 7.70. The molecule has 0 bridgehead atoms. The van der Waals surface area contributed by atoms with Crippen LogP contribution in [0, 0.1) is 5.41 Å². The zero-order chi connectivity index (χ0) is 13.1. The number of rotatable bonds is 3. The summed E-state index contributed by atoms with van der Waals surface area (Å²) in [5.74, 6) is 0.719. The highest BCUT2D eigenvalue weighted by Gasteiger charge is 2.32. The number of hydrogen-bond donors (Lipinski definition) is 0. The van der Waals surface area contributed by atoms with Crippen LogP contribution < -0.4 is 5.30 Å². The Balaban J connectivity index is 3.04. The quantitative estimate of drug-likeness (QED) is 0.775. The smallest absolute Gasteiger partial charge is 0.316 e. The van der Waals surface area contributed by atoms with Gasteiger partial charge in [0.25, 0.3) is 0 Å². The van der Waals surface area contributed by atoms with Crippen molar-refractivity contribution >= 4 is 18.6 Å². The summed E-state index contributed by atoms with van der Waals surface area (Å²) in [7, 11) is -3.29. The molecule has 4 heteroatoms. The number of carbonyl (C=O) groups is 1. The molecule has 3 nitrogen and oxygen atoms in total. The molecule has 0 radical (unpaired) electrons. The predicted octanol–water partition coefficient (Wildman–Crippen LogP) is 3.32.